The number of carbonyl (C=O) groups excluding carboxylic acids is 4. The molecule has 2 rings (SSSR count). The number of amides is 3. The highest BCUT2D eigenvalue weighted by Crippen LogP contribution is 2.09. The van der Waals surface area contributed by atoms with Gasteiger partial charge in [0.25, 0.3) is 0 Å². The van der Waals surface area contributed by atoms with Gasteiger partial charge in [-0.1, -0.05) is 60.7 Å². The fraction of sp³-hybridized carbons (Fsp3) is 0.407. The molecule has 0 saturated carbocycles. The Labute approximate surface area is 223 Å². The van der Waals surface area contributed by atoms with Crippen molar-refractivity contribution < 1.29 is 23.9 Å². The average molecular weight is 529 g/mol. The molecule has 0 aliphatic carbocycles. The van der Waals surface area contributed by atoms with Crippen LogP contribution in [0.5, 0.6) is 0 Å². The highest BCUT2D eigenvalue weighted by atomic mass is 32.1. The molecule has 0 aliphatic heterocycles. The van der Waals surface area contributed by atoms with Crippen LogP contribution in [0.3, 0.4) is 0 Å². The number of carbonyl (C=O) groups is 4. The summed E-state index contributed by atoms with van der Waals surface area (Å²) in [7, 11) is 0. The summed E-state index contributed by atoms with van der Waals surface area (Å²) in [5.74, 6) is -1.41. The monoisotopic (exact) mass is 528 g/mol. The van der Waals surface area contributed by atoms with Crippen molar-refractivity contribution in [2.24, 2.45) is 5.73 Å². The van der Waals surface area contributed by atoms with E-state index in [1.807, 2.05) is 60.7 Å². The van der Waals surface area contributed by atoms with Crippen molar-refractivity contribution in [3.63, 3.8) is 0 Å². The summed E-state index contributed by atoms with van der Waals surface area (Å²) >= 11 is 4.28. The van der Waals surface area contributed by atoms with Gasteiger partial charge in [-0.2, -0.15) is 12.6 Å². The zero-order valence-corrected chi connectivity index (χ0v) is 22.3. The zero-order chi connectivity index (χ0) is 27.4. The average Bonchev–Trinajstić information content (AvgIpc) is 2.86. The molecule has 3 atom stereocenters. The fourth-order valence-electron chi connectivity index (χ4n) is 3.42. The maximum Gasteiger partial charge on any atom is 0.407 e. The number of rotatable bonds is 12. The van der Waals surface area contributed by atoms with E-state index in [9.17, 15) is 19.2 Å². The van der Waals surface area contributed by atoms with Gasteiger partial charge >= 0.3 is 6.09 Å². The van der Waals surface area contributed by atoms with Crippen molar-refractivity contribution in [1.29, 1.82) is 0 Å². The van der Waals surface area contributed by atoms with E-state index in [1.54, 1.807) is 20.8 Å². The van der Waals surface area contributed by atoms with Gasteiger partial charge in [-0.25, -0.2) is 4.79 Å². The zero-order valence-electron chi connectivity index (χ0n) is 21.4. The predicted molar refractivity (Wildman–Crippen MR) is 145 cm³/mol. The van der Waals surface area contributed by atoms with Crippen molar-refractivity contribution >= 4 is 36.3 Å². The molecule has 3 amide bonds. The maximum absolute atomic E-state index is 13.3. The molecule has 0 saturated heterocycles. The molecule has 200 valence electrons. The first kappa shape index (κ1) is 29.9. The van der Waals surface area contributed by atoms with Crippen LogP contribution in [-0.4, -0.2) is 59.7 Å². The van der Waals surface area contributed by atoms with Crippen LogP contribution in [0.15, 0.2) is 60.7 Å². The van der Waals surface area contributed by atoms with Gasteiger partial charge in [-0.15, -0.1) is 0 Å². The lowest BCUT2D eigenvalue weighted by atomic mass is 10.0. The number of hydrogen-bond donors (Lipinski definition) is 5. The Bertz CT molecular complexity index is 1040. The van der Waals surface area contributed by atoms with E-state index in [1.165, 1.54) is 0 Å². The molecule has 10 heteroatoms. The number of ketones is 1. The van der Waals surface area contributed by atoms with Crippen LogP contribution in [0.25, 0.3) is 0 Å². The van der Waals surface area contributed by atoms with Gasteiger partial charge in [-0.3, -0.25) is 14.4 Å². The van der Waals surface area contributed by atoms with E-state index in [-0.39, 0.29) is 31.7 Å². The molecule has 37 heavy (non-hydrogen) atoms. The van der Waals surface area contributed by atoms with E-state index in [4.69, 9.17) is 10.5 Å². The van der Waals surface area contributed by atoms with Gasteiger partial charge < -0.3 is 26.4 Å². The summed E-state index contributed by atoms with van der Waals surface area (Å²) in [4.78, 5) is 50.6. The van der Waals surface area contributed by atoms with E-state index in [0.29, 0.717) is 0 Å². The Morgan fingerprint density at radius 2 is 1.32 bits per heavy atom. The van der Waals surface area contributed by atoms with E-state index < -0.39 is 40.8 Å². The van der Waals surface area contributed by atoms with Gasteiger partial charge in [0, 0.05) is 13.0 Å². The Morgan fingerprint density at radius 3 is 1.81 bits per heavy atom. The minimum atomic E-state index is -0.991. The lowest BCUT2D eigenvalue weighted by molar-refractivity contribution is -0.131. The second kappa shape index (κ2) is 14.4. The van der Waals surface area contributed by atoms with Crippen molar-refractivity contribution in [3.8, 4) is 0 Å². The number of nitrogens with one attached hydrogen (secondary N) is 3. The molecule has 9 nitrogen and oxygen atoms in total. The van der Waals surface area contributed by atoms with E-state index >= 15 is 0 Å². The largest absolute Gasteiger partial charge is 0.444 e. The fourth-order valence-corrected chi connectivity index (χ4v) is 3.59. The van der Waals surface area contributed by atoms with Gasteiger partial charge in [0.1, 0.15) is 11.6 Å². The quantitative estimate of drug-likeness (QED) is 0.266. The third-order valence-corrected chi connectivity index (χ3v) is 5.66. The normalized spacial score (nSPS) is 13.5. The summed E-state index contributed by atoms with van der Waals surface area (Å²) in [6.45, 7) is 4.84. The molecular weight excluding hydrogens is 492 g/mol. The highest BCUT2D eigenvalue weighted by molar-refractivity contribution is 7.81. The second-order valence-electron chi connectivity index (χ2n) is 9.57. The van der Waals surface area contributed by atoms with Crippen LogP contribution in [0, 0.1) is 0 Å². The summed E-state index contributed by atoms with van der Waals surface area (Å²) < 4.78 is 5.17. The number of thiol groups is 1. The van der Waals surface area contributed by atoms with Gasteiger partial charge in [0.2, 0.25) is 11.8 Å². The number of ether oxygens (including phenoxy) is 1. The van der Waals surface area contributed by atoms with Gasteiger partial charge in [0.15, 0.2) is 5.78 Å². The summed E-state index contributed by atoms with van der Waals surface area (Å²) in [6.07, 6.45) is -0.223. The maximum atomic E-state index is 13.3. The first-order valence-corrected chi connectivity index (χ1v) is 12.6. The standard InChI is InChI=1S/C27H36N4O5S/c1-27(2,3)36-26(35)29-17-23(37)25(34)31-21(15-19-12-8-5-9-13-19)24(33)30-20(22(32)16-28)14-18-10-6-4-7-11-18/h4-13,20-21,23,37H,14-17,28H2,1-3H3,(H,29,35)(H,30,33)(H,31,34)/t20-,21-,23?/m0/s1. The molecule has 0 radical (unpaired) electrons. The second-order valence-corrected chi connectivity index (χ2v) is 10.2. The minimum absolute atomic E-state index is 0.105. The van der Waals surface area contributed by atoms with Crippen LogP contribution in [-0.2, 0) is 32.0 Å². The minimum Gasteiger partial charge on any atom is -0.444 e. The van der Waals surface area contributed by atoms with Gasteiger partial charge in [0.05, 0.1) is 17.8 Å². The molecule has 0 bridgehead atoms. The van der Waals surface area contributed by atoms with E-state index in [2.05, 4.69) is 28.6 Å². The number of nitrogens with two attached hydrogens (primary N) is 1. The molecule has 2 aromatic carbocycles. The number of hydrogen-bond acceptors (Lipinski definition) is 7. The van der Waals surface area contributed by atoms with Crippen molar-refractivity contribution in [2.75, 3.05) is 13.1 Å². The van der Waals surface area contributed by atoms with Crippen molar-refractivity contribution in [2.45, 2.75) is 56.5 Å². The first-order chi connectivity index (χ1) is 17.5. The van der Waals surface area contributed by atoms with Crippen LogP contribution >= 0.6 is 12.6 Å². The van der Waals surface area contributed by atoms with Crippen molar-refractivity contribution in [3.05, 3.63) is 71.8 Å². The molecule has 0 heterocycles. The summed E-state index contributed by atoms with van der Waals surface area (Å²) in [6, 6.07) is 16.6. The number of Topliss-reactive ketones (excluding diaryl/α,β-unsaturated/α-hetero) is 1. The van der Waals surface area contributed by atoms with Crippen LogP contribution in [0.2, 0.25) is 0 Å². The van der Waals surface area contributed by atoms with Gasteiger partial charge in [-0.05, 0) is 38.3 Å². The molecule has 5 N–H and O–H groups in total. The Hall–Kier alpha value is -3.37. The smallest absolute Gasteiger partial charge is 0.407 e. The number of benzene rings is 2. The molecule has 0 aliphatic rings. The molecule has 2 aromatic rings. The lowest BCUT2D eigenvalue weighted by Gasteiger charge is -2.24. The summed E-state index contributed by atoms with van der Waals surface area (Å²) in [5, 5.41) is 7.02. The number of alkyl carbamates (subject to hydrolysis) is 1. The summed E-state index contributed by atoms with van der Waals surface area (Å²) in [5.41, 5.74) is 6.59. The first-order valence-electron chi connectivity index (χ1n) is 12.0. The Balaban J connectivity index is 2.12. The van der Waals surface area contributed by atoms with Crippen molar-refractivity contribution in [1.82, 2.24) is 16.0 Å². The lowest BCUT2D eigenvalue weighted by Crippen LogP contribution is -2.55. The third-order valence-electron chi connectivity index (χ3n) is 5.25. The predicted octanol–water partition coefficient (Wildman–Crippen LogP) is 1.79. The van der Waals surface area contributed by atoms with E-state index in [0.717, 1.165) is 11.1 Å². The highest BCUT2D eigenvalue weighted by Gasteiger charge is 2.28. The molecule has 0 fully saturated rings. The van der Waals surface area contributed by atoms with Crippen LogP contribution in [0.4, 0.5) is 4.79 Å². The molecule has 1 unspecified atom stereocenters. The van der Waals surface area contributed by atoms with Crippen LogP contribution < -0.4 is 21.7 Å². The SMILES string of the molecule is CC(C)(C)OC(=O)NCC(S)C(=O)N[C@@H](Cc1ccccc1)C(=O)N[C@@H](Cc1ccccc1)C(=O)CN. The third kappa shape index (κ3) is 11.1. The Morgan fingerprint density at radius 1 is 0.838 bits per heavy atom. The topological polar surface area (TPSA) is 140 Å². The molecule has 0 aromatic heterocycles. The molecule has 0 spiro atoms. The molecular formula is C27H36N4O5S. The Kier molecular flexibility index (Phi) is 11.6. The van der Waals surface area contributed by atoms with Crippen LogP contribution in [0.1, 0.15) is 31.9 Å².